The molecule has 0 atom stereocenters. The van der Waals surface area contributed by atoms with Gasteiger partial charge in [0, 0.05) is 6.07 Å². The van der Waals surface area contributed by atoms with Gasteiger partial charge >= 0.3 is 5.97 Å². The average Bonchev–Trinajstić information content (AvgIpc) is 3.04. The zero-order chi connectivity index (χ0) is 21.8. The number of carbonyl (C=O) groups is 3. The Morgan fingerprint density at radius 3 is 2.06 bits per heavy atom. The zero-order valence-corrected chi connectivity index (χ0v) is 16.7. The van der Waals surface area contributed by atoms with Crippen LogP contribution in [-0.2, 0) is 4.79 Å². The van der Waals surface area contributed by atoms with Gasteiger partial charge in [-0.3, -0.25) is 9.59 Å². The van der Waals surface area contributed by atoms with Crippen molar-refractivity contribution in [2.75, 3.05) is 18.1 Å². The van der Waals surface area contributed by atoms with Crippen LogP contribution >= 0.6 is 0 Å². The number of amides is 2. The third-order valence-electron chi connectivity index (χ3n) is 4.60. The Labute approximate surface area is 178 Å². The molecular weight excluding hydrogens is 398 g/mol. The number of hydrogen-bond donors (Lipinski definition) is 0. The molecule has 0 unspecified atom stereocenters. The van der Waals surface area contributed by atoms with E-state index in [2.05, 4.69) is 0 Å². The smallest absolute Gasteiger partial charge is 0.349 e. The van der Waals surface area contributed by atoms with E-state index in [-0.39, 0.29) is 12.4 Å². The lowest BCUT2D eigenvalue weighted by Gasteiger charge is -2.15. The lowest BCUT2D eigenvalue weighted by Crippen LogP contribution is -2.29. The van der Waals surface area contributed by atoms with Crippen molar-refractivity contribution in [2.45, 2.75) is 6.92 Å². The summed E-state index contributed by atoms with van der Waals surface area (Å²) in [7, 11) is 0. The third kappa shape index (κ3) is 4.11. The summed E-state index contributed by atoms with van der Waals surface area (Å²) in [4.78, 5) is 38.6. The van der Waals surface area contributed by atoms with Crippen molar-refractivity contribution in [3.05, 3.63) is 83.9 Å². The minimum atomic E-state index is -0.634. The summed E-state index contributed by atoms with van der Waals surface area (Å²) >= 11 is 0. The molecule has 4 rings (SSSR count). The predicted molar refractivity (Wildman–Crippen MR) is 113 cm³/mol. The maximum Gasteiger partial charge on any atom is 0.349 e. The van der Waals surface area contributed by atoms with E-state index in [0.29, 0.717) is 34.9 Å². The van der Waals surface area contributed by atoms with Crippen LogP contribution in [0.15, 0.2) is 72.8 Å². The highest BCUT2D eigenvalue weighted by Crippen LogP contribution is 2.30. The molecule has 7 heteroatoms. The van der Waals surface area contributed by atoms with Gasteiger partial charge in [-0.15, -0.1) is 0 Å². The molecule has 0 spiro atoms. The van der Waals surface area contributed by atoms with Crippen molar-refractivity contribution in [3.63, 3.8) is 0 Å². The van der Waals surface area contributed by atoms with Crippen LogP contribution < -0.4 is 19.1 Å². The Morgan fingerprint density at radius 2 is 1.42 bits per heavy atom. The number of hydrogen-bond acceptors (Lipinski definition) is 6. The summed E-state index contributed by atoms with van der Waals surface area (Å²) in [5.74, 6) is -0.307. The highest BCUT2D eigenvalue weighted by atomic mass is 16.6. The Bertz CT molecular complexity index is 1120. The van der Waals surface area contributed by atoms with Gasteiger partial charge < -0.3 is 14.2 Å². The molecule has 3 aromatic rings. The SMILES string of the molecule is CCOc1ccccc1OCC(=O)Oc1cccc(N2C(=O)c3ccccc3C2=O)c1. The lowest BCUT2D eigenvalue weighted by atomic mass is 10.1. The van der Waals surface area contributed by atoms with Gasteiger partial charge in [0.2, 0.25) is 0 Å². The molecule has 7 nitrogen and oxygen atoms in total. The second-order valence-corrected chi connectivity index (χ2v) is 6.63. The molecule has 1 aliphatic heterocycles. The second kappa shape index (κ2) is 8.71. The average molecular weight is 417 g/mol. The molecular formula is C24H19NO6. The number of fused-ring (bicyclic) bond motifs is 1. The number of anilines is 1. The molecule has 0 radical (unpaired) electrons. The lowest BCUT2D eigenvalue weighted by molar-refractivity contribution is -0.136. The molecule has 31 heavy (non-hydrogen) atoms. The van der Waals surface area contributed by atoms with Gasteiger partial charge in [0.05, 0.1) is 23.4 Å². The van der Waals surface area contributed by atoms with Crippen molar-refractivity contribution in [1.82, 2.24) is 0 Å². The molecule has 0 saturated carbocycles. The van der Waals surface area contributed by atoms with Gasteiger partial charge in [-0.25, -0.2) is 9.69 Å². The van der Waals surface area contributed by atoms with Crippen LogP contribution in [0.2, 0.25) is 0 Å². The fourth-order valence-electron chi connectivity index (χ4n) is 3.25. The normalized spacial score (nSPS) is 12.5. The first kappa shape index (κ1) is 20.2. The fraction of sp³-hybridized carbons (Fsp3) is 0.125. The van der Waals surface area contributed by atoms with Crippen molar-refractivity contribution in [3.8, 4) is 17.2 Å². The van der Waals surface area contributed by atoms with Gasteiger partial charge in [-0.1, -0.05) is 30.3 Å². The Hall–Kier alpha value is -4.13. The van der Waals surface area contributed by atoms with E-state index in [1.54, 1.807) is 66.7 Å². The van der Waals surface area contributed by atoms with Crippen molar-refractivity contribution < 1.29 is 28.6 Å². The number of esters is 1. The Balaban J connectivity index is 1.44. The molecule has 1 heterocycles. The minimum absolute atomic E-state index is 0.195. The van der Waals surface area contributed by atoms with Crippen molar-refractivity contribution in [2.24, 2.45) is 0 Å². The number of imide groups is 1. The van der Waals surface area contributed by atoms with Crippen LogP contribution in [-0.4, -0.2) is 31.0 Å². The van der Waals surface area contributed by atoms with Crippen LogP contribution in [0.5, 0.6) is 17.2 Å². The van der Waals surface area contributed by atoms with Gasteiger partial charge in [0.15, 0.2) is 18.1 Å². The number of nitrogens with zero attached hydrogens (tertiary/aromatic N) is 1. The fourth-order valence-corrected chi connectivity index (χ4v) is 3.25. The highest BCUT2D eigenvalue weighted by molar-refractivity contribution is 6.34. The van der Waals surface area contributed by atoms with Gasteiger partial charge in [-0.2, -0.15) is 0 Å². The third-order valence-corrected chi connectivity index (χ3v) is 4.60. The zero-order valence-electron chi connectivity index (χ0n) is 16.7. The van der Waals surface area contributed by atoms with E-state index < -0.39 is 17.8 Å². The monoisotopic (exact) mass is 417 g/mol. The largest absolute Gasteiger partial charge is 0.490 e. The quantitative estimate of drug-likeness (QED) is 0.330. The van der Waals surface area contributed by atoms with Crippen LogP contribution in [0.3, 0.4) is 0 Å². The van der Waals surface area contributed by atoms with E-state index >= 15 is 0 Å². The first-order valence-corrected chi connectivity index (χ1v) is 9.71. The second-order valence-electron chi connectivity index (χ2n) is 6.63. The molecule has 3 aromatic carbocycles. The molecule has 0 N–H and O–H groups in total. The van der Waals surface area contributed by atoms with Gasteiger partial charge in [0.25, 0.3) is 11.8 Å². The summed E-state index contributed by atoms with van der Waals surface area (Å²) in [6.45, 7) is 1.99. The number of ether oxygens (including phenoxy) is 3. The van der Waals surface area contributed by atoms with Gasteiger partial charge in [0.1, 0.15) is 5.75 Å². The van der Waals surface area contributed by atoms with E-state index in [1.165, 1.54) is 6.07 Å². The van der Waals surface area contributed by atoms with Crippen molar-refractivity contribution >= 4 is 23.5 Å². The number of rotatable bonds is 7. The number of benzene rings is 3. The summed E-state index contributed by atoms with van der Waals surface area (Å²) in [5.41, 5.74) is 1.01. The topological polar surface area (TPSA) is 82.1 Å². The molecule has 1 aliphatic rings. The first-order valence-electron chi connectivity index (χ1n) is 9.71. The van der Waals surface area contributed by atoms with E-state index in [4.69, 9.17) is 14.2 Å². The highest BCUT2D eigenvalue weighted by Gasteiger charge is 2.36. The molecule has 0 fully saturated rings. The van der Waals surface area contributed by atoms with Crippen LogP contribution in [0.25, 0.3) is 0 Å². The Kier molecular flexibility index (Phi) is 5.66. The van der Waals surface area contributed by atoms with Crippen molar-refractivity contribution in [1.29, 1.82) is 0 Å². The van der Waals surface area contributed by atoms with Crippen LogP contribution in [0, 0.1) is 0 Å². The summed E-state index contributed by atoms with van der Waals surface area (Å²) in [6, 6.07) is 19.9. The minimum Gasteiger partial charge on any atom is -0.490 e. The summed E-state index contributed by atoms with van der Waals surface area (Å²) < 4.78 is 16.3. The van der Waals surface area contributed by atoms with Gasteiger partial charge in [-0.05, 0) is 43.3 Å². The Morgan fingerprint density at radius 1 is 0.806 bits per heavy atom. The molecule has 0 aliphatic carbocycles. The molecule has 156 valence electrons. The maximum absolute atomic E-state index is 12.7. The molecule has 0 saturated heterocycles. The van der Waals surface area contributed by atoms with E-state index in [9.17, 15) is 14.4 Å². The van der Waals surface area contributed by atoms with E-state index in [0.717, 1.165) is 4.90 Å². The van der Waals surface area contributed by atoms with Crippen LogP contribution in [0.1, 0.15) is 27.6 Å². The molecule has 0 aromatic heterocycles. The number of para-hydroxylation sites is 2. The van der Waals surface area contributed by atoms with Crippen LogP contribution in [0.4, 0.5) is 5.69 Å². The number of carbonyl (C=O) groups excluding carboxylic acids is 3. The standard InChI is InChI=1S/C24H19NO6/c1-2-29-20-12-5-6-13-21(20)30-15-22(26)31-17-9-7-8-16(14-17)25-23(27)18-10-3-4-11-19(18)24(25)28/h3-14H,2,15H2,1H3. The summed E-state index contributed by atoms with van der Waals surface area (Å²) in [5, 5.41) is 0. The van der Waals surface area contributed by atoms with E-state index in [1.807, 2.05) is 6.92 Å². The first-order chi connectivity index (χ1) is 15.1. The maximum atomic E-state index is 12.7. The summed E-state index contributed by atoms with van der Waals surface area (Å²) in [6.07, 6.45) is 0. The predicted octanol–water partition coefficient (Wildman–Crippen LogP) is 3.87. The molecule has 0 bridgehead atoms. The molecule has 2 amide bonds.